The molecule has 0 radical (unpaired) electrons. The molecular weight excluding hydrogens is 302 g/mol. The topological polar surface area (TPSA) is 68.5 Å². The van der Waals surface area contributed by atoms with Gasteiger partial charge in [0, 0.05) is 43.2 Å². The maximum atomic E-state index is 12.6. The van der Waals surface area contributed by atoms with Gasteiger partial charge < -0.3 is 15.4 Å². The van der Waals surface area contributed by atoms with Crippen molar-refractivity contribution in [3.63, 3.8) is 0 Å². The zero-order valence-corrected chi connectivity index (χ0v) is 13.9. The molecule has 0 unspecified atom stereocenters. The molecule has 0 saturated carbocycles. The first kappa shape index (κ1) is 16.5. The third kappa shape index (κ3) is 3.92. The summed E-state index contributed by atoms with van der Waals surface area (Å²) >= 11 is 0. The monoisotopic (exact) mass is 325 g/mol. The lowest BCUT2D eigenvalue weighted by molar-refractivity contribution is -0.000186. The van der Waals surface area contributed by atoms with Crippen molar-refractivity contribution in [1.29, 1.82) is 0 Å². The van der Waals surface area contributed by atoms with Crippen LogP contribution in [0.2, 0.25) is 0 Å². The van der Waals surface area contributed by atoms with Gasteiger partial charge >= 0.3 is 0 Å². The maximum absolute atomic E-state index is 12.6. The van der Waals surface area contributed by atoms with Crippen LogP contribution in [0.4, 0.5) is 5.69 Å². The molecule has 0 bridgehead atoms. The molecule has 1 aliphatic rings. The summed E-state index contributed by atoms with van der Waals surface area (Å²) in [5, 5.41) is 0. The lowest BCUT2D eigenvalue weighted by atomic mass is 10.1. The minimum atomic E-state index is 0.0104. The molecule has 24 heavy (non-hydrogen) atoms. The fraction of sp³-hybridized carbons (Fsp3) is 0.368. The standard InChI is InChI=1S/C19H23N3O2/c1-22(13-17-4-2-3-11-24-17)19(23)15-7-5-14(6-8-15)18-12-16(20)9-10-21-18/h5-10,12,17H,2-4,11,13H2,1H3,(H2,20,21)/t17-/m1/s1. The van der Waals surface area contributed by atoms with E-state index in [1.165, 1.54) is 6.42 Å². The normalized spacial score (nSPS) is 17.5. The number of anilines is 1. The number of nitrogens with zero attached hydrogens (tertiary/aromatic N) is 2. The van der Waals surface area contributed by atoms with Crippen LogP contribution in [-0.4, -0.2) is 42.1 Å². The van der Waals surface area contributed by atoms with Crippen LogP contribution in [0.15, 0.2) is 42.6 Å². The molecule has 2 heterocycles. The molecular formula is C19H23N3O2. The van der Waals surface area contributed by atoms with Crippen LogP contribution in [0.25, 0.3) is 11.3 Å². The SMILES string of the molecule is CN(C[C@H]1CCCCO1)C(=O)c1ccc(-c2cc(N)ccn2)cc1. The Kier molecular flexibility index (Phi) is 5.11. The highest BCUT2D eigenvalue weighted by Crippen LogP contribution is 2.20. The van der Waals surface area contributed by atoms with Gasteiger partial charge in [-0.1, -0.05) is 12.1 Å². The lowest BCUT2D eigenvalue weighted by Crippen LogP contribution is -2.37. The van der Waals surface area contributed by atoms with Crippen LogP contribution in [0.5, 0.6) is 0 Å². The van der Waals surface area contributed by atoms with E-state index in [2.05, 4.69) is 4.98 Å². The highest BCUT2D eigenvalue weighted by molar-refractivity contribution is 5.94. The molecule has 2 N–H and O–H groups in total. The van der Waals surface area contributed by atoms with E-state index in [9.17, 15) is 4.79 Å². The number of aromatic nitrogens is 1. The van der Waals surface area contributed by atoms with Gasteiger partial charge in [-0.2, -0.15) is 0 Å². The summed E-state index contributed by atoms with van der Waals surface area (Å²) < 4.78 is 5.71. The molecule has 3 rings (SSSR count). The number of pyridine rings is 1. The second kappa shape index (κ2) is 7.45. The number of carbonyl (C=O) groups excluding carboxylic acids is 1. The molecule has 126 valence electrons. The van der Waals surface area contributed by atoms with Gasteiger partial charge in [0.2, 0.25) is 0 Å². The Morgan fingerprint density at radius 1 is 1.29 bits per heavy atom. The average molecular weight is 325 g/mol. The number of rotatable bonds is 4. The first-order chi connectivity index (χ1) is 11.6. The number of hydrogen-bond acceptors (Lipinski definition) is 4. The van der Waals surface area contributed by atoms with Crippen molar-refractivity contribution in [1.82, 2.24) is 9.88 Å². The fourth-order valence-corrected chi connectivity index (χ4v) is 2.95. The van der Waals surface area contributed by atoms with E-state index in [-0.39, 0.29) is 12.0 Å². The molecule has 1 amide bonds. The van der Waals surface area contributed by atoms with Crippen molar-refractivity contribution in [3.05, 3.63) is 48.2 Å². The highest BCUT2D eigenvalue weighted by Gasteiger charge is 2.19. The molecule has 1 aliphatic heterocycles. The summed E-state index contributed by atoms with van der Waals surface area (Å²) in [4.78, 5) is 18.6. The van der Waals surface area contributed by atoms with Crippen molar-refractivity contribution in [2.24, 2.45) is 0 Å². The van der Waals surface area contributed by atoms with Crippen LogP contribution in [0.1, 0.15) is 29.6 Å². The number of amides is 1. The van der Waals surface area contributed by atoms with Crippen molar-refractivity contribution in [3.8, 4) is 11.3 Å². The minimum Gasteiger partial charge on any atom is -0.399 e. The van der Waals surface area contributed by atoms with Gasteiger partial charge in [0.15, 0.2) is 0 Å². The number of hydrogen-bond donors (Lipinski definition) is 1. The van der Waals surface area contributed by atoms with Gasteiger partial charge in [-0.3, -0.25) is 9.78 Å². The Morgan fingerprint density at radius 3 is 2.75 bits per heavy atom. The number of nitrogen functional groups attached to an aromatic ring is 1. The summed E-state index contributed by atoms with van der Waals surface area (Å²) in [5.41, 5.74) is 8.88. The zero-order valence-electron chi connectivity index (χ0n) is 13.9. The van der Waals surface area contributed by atoms with E-state index in [1.807, 2.05) is 37.4 Å². The van der Waals surface area contributed by atoms with Crippen LogP contribution < -0.4 is 5.73 Å². The smallest absolute Gasteiger partial charge is 0.253 e. The van der Waals surface area contributed by atoms with E-state index >= 15 is 0 Å². The van der Waals surface area contributed by atoms with E-state index in [0.717, 1.165) is 30.7 Å². The Hall–Kier alpha value is -2.40. The zero-order chi connectivity index (χ0) is 16.9. The summed E-state index contributed by atoms with van der Waals surface area (Å²) in [5.74, 6) is 0.0104. The lowest BCUT2D eigenvalue weighted by Gasteiger charge is -2.27. The predicted octanol–water partition coefficient (Wildman–Crippen LogP) is 2.97. The number of likely N-dealkylation sites (N-methyl/N-ethyl adjacent to an activating group) is 1. The molecule has 1 fully saturated rings. The molecule has 2 aromatic rings. The minimum absolute atomic E-state index is 0.0104. The highest BCUT2D eigenvalue weighted by atomic mass is 16.5. The first-order valence-electron chi connectivity index (χ1n) is 8.32. The fourth-order valence-electron chi connectivity index (χ4n) is 2.95. The van der Waals surface area contributed by atoms with Crippen LogP contribution in [0, 0.1) is 0 Å². The largest absolute Gasteiger partial charge is 0.399 e. The molecule has 1 saturated heterocycles. The number of ether oxygens (including phenoxy) is 1. The third-order valence-electron chi connectivity index (χ3n) is 4.31. The second-order valence-corrected chi connectivity index (χ2v) is 6.23. The number of benzene rings is 1. The Balaban J connectivity index is 1.67. The van der Waals surface area contributed by atoms with E-state index in [0.29, 0.717) is 17.8 Å². The van der Waals surface area contributed by atoms with E-state index < -0.39 is 0 Å². The quantitative estimate of drug-likeness (QED) is 0.938. The Labute approximate surface area is 142 Å². The maximum Gasteiger partial charge on any atom is 0.253 e. The number of nitrogens with two attached hydrogens (primary N) is 1. The Bertz CT molecular complexity index is 694. The Morgan fingerprint density at radius 2 is 2.08 bits per heavy atom. The van der Waals surface area contributed by atoms with Gasteiger partial charge in [-0.05, 0) is 43.5 Å². The summed E-state index contributed by atoms with van der Waals surface area (Å²) in [6, 6.07) is 11.1. The molecule has 1 aromatic heterocycles. The first-order valence-corrected chi connectivity index (χ1v) is 8.32. The molecule has 0 aliphatic carbocycles. The van der Waals surface area contributed by atoms with Crippen molar-refractivity contribution in [2.45, 2.75) is 25.4 Å². The van der Waals surface area contributed by atoms with Crippen molar-refractivity contribution < 1.29 is 9.53 Å². The predicted molar refractivity (Wildman–Crippen MR) is 94.6 cm³/mol. The van der Waals surface area contributed by atoms with Gasteiger partial charge in [0.05, 0.1) is 11.8 Å². The van der Waals surface area contributed by atoms with Gasteiger partial charge in [-0.25, -0.2) is 0 Å². The molecule has 1 aromatic carbocycles. The van der Waals surface area contributed by atoms with Crippen LogP contribution in [-0.2, 0) is 4.74 Å². The van der Waals surface area contributed by atoms with Crippen molar-refractivity contribution in [2.75, 3.05) is 25.9 Å². The van der Waals surface area contributed by atoms with Gasteiger partial charge in [0.1, 0.15) is 0 Å². The second-order valence-electron chi connectivity index (χ2n) is 6.23. The molecule has 5 heteroatoms. The van der Waals surface area contributed by atoms with Gasteiger partial charge in [0.25, 0.3) is 5.91 Å². The third-order valence-corrected chi connectivity index (χ3v) is 4.31. The summed E-state index contributed by atoms with van der Waals surface area (Å²) in [7, 11) is 1.83. The van der Waals surface area contributed by atoms with E-state index in [4.69, 9.17) is 10.5 Å². The number of carbonyl (C=O) groups is 1. The molecule has 5 nitrogen and oxygen atoms in total. The summed E-state index contributed by atoms with van der Waals surface area (Å²) in [6.07, 6.45) is 5.16. The van der Waals surface area contributed by atoms with Crippen LogP contribution in [0.3, 0.4) is 0 Å². The molecule has 0 spiro atoms. The molecule has 1 atom stereocenters. The van der Waals surface area contributed by atoms with Crippen LogP contribution >= 0.6 is 0 Å². The van der Waals surface area contributed by atoms with E-state index in [1.54, 1.807) is 17.2 Å². The van der Waals surface area contributed by atoms with Crippen molar-refractivity contribution >= 4 is 11.6 Å². The summed E-state index contributed by atoms with van der Waals surface area (Å²) in [6.45, 7) is 1.44. The van der Waals surface area contributed by atoms with Gasteiger partial charge in [-0.15, -0.1) is 0 Å². The average Bonchev–Trinajstić information content (AvgIpc) is 2.62.